The minimum absolute atomic E-state index is 0.254. The zero-order valence-corrected chi connectivity index (χ0v) is 16.9. The van der Waals surface area contributed by atoms with Gasteiger partial charge in [-0.2, -0.15) is 0 Å². The molecule has 1 aromatic rings. The van der Waals surface area contributed by atoms with Crippen LogP contribution in [0.25, 0.3) is 0 Å². The van der Waals surface area contributed by atoms with Gasteiger partial charge in [0.2, 0.25) is 0 Å². The molecule has 0 bridgehead atoms. The van der Waals surface area contributed by atoms with Gasteiger partial charge >= 0.3 is 6.09 Å². The van der Waals surface area contributed by atoms with Crippen LogP contribution in [0.3, 0.4) is 0 Å². The first-order chi connectivity index (χ1) is 13.2. The second kappa shape index (κ2) is 9.98. The van der Waals surface area contributed by atoms with Gasteiger partial charge in [-0.15, -0.1) is 0 Å². The number of nitrogens with one attached hydrogen (secondary N) is 1. The van der Waals surface area contributed by atoms with E-state index in [1.807, 2.05) is 12.1 Å². The van der Waals surface area contributed by atoms with Gasteiger partial charge < -0.3 is 15.0 Å². The molecule has 2 aliphatic rings. The number of amidine groups is 1. The first-order valence-electron chi connectivity index (χ1n) is 10.3. The molecule has 148 valence electrons. The number of carbonyl (C=O) groups is 1. The highest BCUT2D eigenvalue weighted by Gasteiger charge is 2.29. The maximum Gasteiger partial charge on any atom is 0.412 e. The maximum atomic E-state index is 12.0. The number of amides is 1. The van der Waals surface area contributed by atoms with Crippen LogP contribution in [0.4, 0.5) is 10.5 Å². The van der Waals surface area contributed by atoms with Crippen molar-refractivity contribution in [1.29, 1.82) is 0 Å². The Hall–Kier alpha value is -1.75. The number of halogens is 1. The molecule has 1 unspecified atom stereocenters. The first kappa shape index (κ1) is 20.0. The molecule has 1 amide bonds. The quantitative estimate of drug-likeness (QED) is 0.357. The Morgan fingerprint density at radius 3 is 2.96 bits per heavy atom. The van der Waals surface area contributed by atoms with Crippen molar-refractivity contribution < 1.29 is 9.53 Å². The van der Waals surface area contributed by atoms with Crippen LogP contribution in [0.1, 0.15) is 75.8 Å². The summed E-state index contributed by atoms with van der Waals surface area (Å²) >= 11 is 6.73. The van der Waals surface area contributed by atoms with Gasteiger partial charge in [0.05, 0.1) is 5.69 Å². The highest BCUT2D eigenvalue weighted by Crippen LogP contribution is 2.41. The number of hydrogen-bond acceptors (Lipinski definition) is 4. The Balaban J connectivity index is 1.57. The standard InChI is InChI=1S/C21H30ClN3O2/c1-2-3-4-5-8-13-23-21(26)27-16-11-12-18-17(15-16)20(22)25-14-9-6-7-10-19(25)24-18/h11-12,15,20H,2-10,13-14H2,1H3,(H,23,26). The maximum absolute atomic E-state index is 12.0. The average molecular weight is 392 g/mol. The lowest BCUT2D eigenvalue weighted by Gasteiger charge is -2.33. The summed E-state index contributed by atoms with van der Waals surface area (Å²) in [5.74, 6) is 1.59. The second-order valence-corrected chi connectivity index (χ2v) is 7.73. The summed E-state index contributed by atoms with van der Waals surface area (Å²) in [5.41, 5.74) is 1.54. The van der Waals surface area contributed by atoms with Gasteiger partial charge in [0.25, 0.3) is 0 Å². The predicted octanol–water partition coefficient (Wildman–Crippen LogP) is 5.90. The molecule has 1 fully saturated rings. The van der Waals surface area contributed by atoms with Crippen LogP contribution < -0.4 is 10.1 Å². The number of unbranched alkanes of at least 4 members (excludes halogenated alkanes) is 4. The summed E-state index contributed by atoms with van der Waals surface area (Å²) in [6, 6.07) is 5.53. The third-order valence-electron chi connectivity index (χ3n) is 5.17. The van der Waals surface area contributed by atoms with Crippen molar-refractivity contribution >= 4 is 29.2 Å². The van der Waals surface area contributed by atoms with Gasteiger partial charge in [-0.25, -0.2) is 9.79 Å². The predicted molar refractivity (Wildman–Crippen MR) is 110 cm³/mol. The van der Waals surface area contributed by atoms with Crippen molar-refractivity contribution in [3.63, 3.8) is 0 Å². The van der Waals surface area contributed by atoms with E-state index in [9.17, 15) is 4.79 Å². The molecule has 1 saturated heterocycles. The van der Waals surface area contributed by atoms with E-state index in [2.05, 4.69) is 17.1 Å². The van der Waals surface area contributed by atoms with Crippen molar-refractivity contribution in [3.05, 3.63) is 23.8 Å². The molecule has 2 heterocycles. The number of hydrogen-bond donors (Lipinski definition) is 1. The minimum Gasteiger partial charge on any atom is -0.410 e. The average Bonchev–Trinajstić information content (AvgIpc) is 2.91. The summed E-state index contributed by atoms with van der Waals surface area (Å²) in [4.78, 5) is 19.0. The van der Waals surface area contributed by atoms with Crippen LogP contribution in [0, 0.1) is 0 Å². The van der Waals surface area contributed by atoms with Crippen LogP contribution in [0.15, 0.2) is 23.2 Å². The van der Waals surface area contributed by atoms with E-state index >= 15 is 0 Å². The molecule has 0 aliphatic carbocycles. The molecule has 5 nitrogen and oxygen atoms in total. The highest BCUT2D eigenvalue weighted by atomic mass is 35.5. The van der Waals surface area contributed by atoms with E-state index in [0.717, 1.165) is 55.7 Å². The number of benzene rings is 1. The molecule has 0 spiro atoms. The van der Waals surface area contributed by atoms with E-state index < -0.39 is 6.09 Å². The van der Waals surface area contributed by atoms with Crippen molar-refractivity contribution in [2.45, 2.75) is 70.2 Å². The van der Waals surface area contributed by atoms with Crippen molar-refractivity contribution in [3.8, 4) is 5.75 Å². The molecule has 1 aromatic carbocycles. The van der Waals surface area contributed by atoms with Crippen LogP contribution in [-0.4, -0.2) is 29.9 Å². The molecule has 2 aliphatic heterocycles. The number of ether oxygens (including phenoxy) is 1. The van der Waals surface area contributed by atoms with Gasteiger partial charge in [0.1, 0.15) is 17.1 Å². The highest BCUT2D eigenvalue weighted by molar-refractivity contribution is 6.22. The van der Waals surface area contributed by atoms with E-state index in [4.69, 9.17) is 21.3 Å². The second-order valence-electron chi connectivity index (χ2n) is 7.32. The van der Waals surface area contributed by atoms with Crippen LogP contribution in [-0.2, 0) is 0 Å². The summed E-state index contributed by atoms with van der Waals surface area (Å²) in [7, 11) is 0. The summed E-state index contributed by atoms with van der Waals surface area (Å²) in [6.07, 6.45) is 9.87. The number of carbonyl (C=O) groups excluding carboxylic acids is 1. The van der Waals surface area contributed by atoms with Crippen LogP contribution >= 0.6 is 11.6 Å². The Bertz CT molecular complexity index is 677. The third-order valence-corrected chi connectivity index (χ3v) is 5.64. The van der Waals surface area contributed by atoms with Gasteiger partial charge in [-0.1, -0.05) is 50.6 Å². The van der Waals surface area contributed by atoms with Crippen molar-refractivity contribution in [1.82, 2.24) is 10.2 Å². The minimum atomic E-state index is -0.411. The van der Waals surface area contributed by atoms with Gasteiger partial charge in [-0.3, -0.25) is 0 Å². The van der Waals surface area contributed by atoms with E-state index in [0.29, 0.717) is 12.3 Å². The SMILES string of the molecule is CCCCCCCNC(=O)Oc1ccc2c(c1)C(Cl)N1CCCCCC1=N2. The Morgan fingerprint density at radius 2 is 2.11 bits per heavy atom. The van der Waals surface area contributed by atoms with Gasteiger partial charge in [0, 0.05) is 25.1 Å². The molecule has 3 rings (SSSR count). The Kier molecular flexibility index (Phi) is 7.39. The molecule has 27 heavy (non-hydrogen) atoms. The normalized spacial score (nSPS) is 18.8. The van der Waals surface area contributed by atoms with E-state index in [-0.39, 0.29) is 5.50 Å². The number of rotatable bonds is 7. The molecule has 6 heteroatoms. The summed E-state index contributed by atoms with van der Waals surface area (Å²) < 4.78 is 5.44. The number of nitrogens with zero attached hydrogens (tertiary/aromatic N) is 2. The molecular formula is C21H30ClN3O2. The van der Waals surface area contributed by atoms with Crippen LogP contribution in [0.2, 0.25) is 0 Å². The molecule has 0 aromatic heterocycles. The lowest BCUT2D eigenvalue weighted by Crippen LogP contribution is -2.34. The fourth-order valence-electron chi connectivity index (χ4n) is 3.64. The summed E-state index contributed by atoms with van der Waals surface area (Å²) in [5, 5.41) is 2.82. The van der Waals surface area contributed by atoms with Crippen LogP contribution in [0.5, 0.6) is 5.75 Å². The number of aliphatic imine (C=N–C) groups is 1. The fourth-order valence-corrected chi connectivity index (χ4v) is 4.02. The monoisotopic (exact) mass is 391 g/mol. The largest absolute Gasteiger partial charge is 0.412 e. The Labute approximate surface area is 167 Å². The molecule has 0 radical (unpaired) electrons. The molecule has 0 saturated carbocycles. The van der Waals surface area contributed by atoms with E-state index in [1.54, 1.807) is 6.07 Å². The number of alkyl halides is 1. The first-order valence-corrected chi connectivity index (χ1v) is 10.7. The number of fused-ring (bicyclic) bond motifs is 2. The van der Waals surface area contributed by atoms with Gasteiger partial charge in [0.15, 0.2) is 0 Å². The van der Waals surface area contributed by atoms with Gasteiger partial charge in [-0.05, 0) is 37.5 Å². The van der Waals surface area contributed by atoms with Crippen molar-refractivity contribution in [2.24, 2.45) is 4.99 Å². The van der Waals surface area contributed by atoms with Crippen molar-refractivity contribution in [2.75, 3.05) is 13.1 Å². The lowest BCUT2D eigenvalue weighted by atomic mass is 10.1. The summed E-state index contributed by atoms with van der Waals surface area (Å²) in [6.45, 7) is 3.77. The Morgan fingerprint density at radius 1 is 1.26 bits per heavy atom. The molecule has 1 atom stereocenters. The zero-order valence-electron chi connectivity index (χ0n) is 16.2. The zero-order chi connectivity index (χ0) is 19.1. The fraction of sp³-hybridized carbons (Fsp3) is 0.619. The molecule has 1 N–H and O–H groups in total. The van der Waals surface area contributed by atoms with E-state index in [1.165, 1.54) is 25.7 Å². The third kappa shape index (κ3) is 5.38. The smallest absolute Gasteiger partial charge is 0.410 e. The lowest BCUT2D eigenvalue weighted by molar-refractivity contribution is 0.200. The topological polar surface area (TPSA) is 53.9 Å². The molecular weight excluding hydrogens is 362 g/mol.